The van der Waals surface area contributed by atoms with E-state index >= 15 is 0 Å². The molecular weight excluding hydrogens is 322 g/mol. The predicted octanol–water partition coefficient (Wildman–Crippen LogP) is 2.19. The maximum Gasteiger partial charge on any atom is 0.317 e. The van der Waals surface area contributed by atoms with E-state index in [2.05, 4.69) is 10.2 Å². The molecule has 1 fully saturated rings. The summed E-state index contributed by atoms with van der Waals surface area (Å²) >= 11 is 0. The minimum Gasteiger partial charge on any atom is -0.492 e. The largest absolute Gasteiger partial charge is 0.492 e. The molecule has 0 aliphatic carbocycles. The lowest BCUT2D eigenvalue weighted by atomic mass is 10.1. The highest BCUT2D eigenvalue weighted by molar-refractivity contribution is 5.74. The summed E-state index contributed by atoms with van der Waals surface area (Å²) in [5.74, 6) is 0.588. The van der Waals surface area contributed by atoms with Crippen molar-refractivity contribution in [3.05, 3.63) is 35.7 Å². The summed E-state index contributed by atoms with van der Waals surface area (Å²) in [5.41, 5.74) is 0.517. The lowest BCUT2D eigenvalue weighted by molar-refractivity contribution is 0.0532. The van der Waals surface area contributed by atoms with Crippen molar-refractivity contribution in [2.45, 2.75) is 25.4 Å². The molecule has 1 heterocycles. The van der Waals surface area contributed by atoms with Crippen LogP contribution in [0.4, 0.5) is 10.5 Å². The molecule has 0 unspecified atom stereocenters. The van der Waals surface area contributed by atoms with E-state index in [1.165, 1.54) is 0 Å². The molecule has 0 bridgehead atoms. The summed E-state index contributed by atoms with van der Waals surface area (Å²) < 4.78 is 10.7. The van der Waals surface area contributed by atoms with Crippen LogP contribution in [0.2, 0.25) is 0 Å². The molecule has 1 aromatic carbocycles. The molecule has 1 aromatic rings. The normalized spacial score (nSPS) is 15.3. The Labute approximate surface area is 148 Å². The summed E-state index contributed by atoms with van der Waals surface area (Å²) in [6, 6.07) is 6.84. The summed E-state index contributed by atoms with van der Waals surface area (Å²) in [5, 5.41) is 12.8. The fraction of sp³-hybridized carbons (Fsp3) is 0.556. The quantitative estimate of drug-likeness (QED) is 0.558. The zero-order valence-corrected chi connectivity index (χ0v) is 14.3. The molecule has 7 heteroatoms. The number of urea groups is 1. The third-order valence-corrected chi connectivity index (χ3v) is 3.93. The monoisotopic (exact) mass is 347 g/mol. The average molecular weight is 347 g/mol. The molecule has 0 spiro atoms. The Hall–Kier alpha value is -2.30. The van der Waals surface area contributed by atoms with Crippen LogP contribution in [0.5, 0.6) is 5.75 Å². The van der Waals surface area contributed by atoms with E-state index in [1.807, 2.05) is 0 Å². The Morgan fingerprint density at radius 1 is 1.40 bits per heavy atom. The van der Waals surface area contributed by atoms with Gasteiger partial charge in [0.2, 0.25) is 0 Å². The second kappa shape index (κ2) is 10.5. The minimum atomic E-state index is -0.563. The molecule has 0 aromatic heterocycles. The lowest BCUT2D eigenvalue weighted by Crippen LogP contribution is -2.46. The van der Waals surface area contributed by atoms with Gasteiger partial charge in [0.15, 0.2) is 5.69 Å². The highest BCUT2D eigenvalue weighted by atomic mass is 16.5. The molecule has 1 atom stereocenters. The molecule has 2 amide bonds. The Bertz CT molecular complexity index is 582. The summed E-state index contributed by atoms with van der Waals surface area (Å²) in [7, 11) is 0. The summed E-state index contributed by atoms with van der Waals surface area (Å²) in [6.07, 6.45) is 1.65. The van der Waals surface area contributed by atoms with Gasteiger partial charge in [-0.1, -0.05) is 12.1 Å². The van der Waals surface area contributed by atoms with Crippen molar-refractivity contribution >= 4 is 11.7 Å². The fourth-order valence-electron chi connectivity index (χ4n) is 2.50. The molecule has 25 heavy (non-hydrogen) atoms. The molecule has 0 saturated carbocycles. The van der Waals surface area contributed by atoms with Gasteiger partial charge in [0.25, 0.3) is 0 Å². The number of morpholine rings is 1. The van der Waals surface area contributed by atoms with Gasteiger partial charge in [-0.25, -0.2) is 9.64 Å². The van der Waals surface area contributed by atoms with Crippen LogP contribution in [-0.2, 0) is 4.74 Å². The number of unbranched alkanes of at least 4 members (excludes halogenated alkanes) is 1. The van der Waals surface area contributed by atoms with Crippen molar-refractivity contribution < 1.29 is 19.4 Å². The number of amides is 2. The molecule has 0 radical (unpaired) electrons. The van der Waals surface area contributed by atoms with Crippen molar-refractivity contribution in [3.8, 4) is 5.75 Å². The number of rotatable bonds is 8. The number of carbonyl (C=O) groups excluding carboxylic acids is 1. The second-order valence-electron chi connectivity index (χ2n) is 5.90. The van der Waals surface area contributed by atoms with Crippen LogP contribution >= 0.6 is 0 Å². The lowest BCUT2D eigenvalue weighted by Gasteiger charge is -2.26. The molecule has 7 nitrogen and oxygen atoms in total. The van der Waals surface area contributed by atoms with E-state index in [9.17, 15) is 9.90 Å². The van der Waals surface area contributed by atoms with Gasteiger partial charge in [0, 0.05) is 19.6 Å². The number of ether oxygens (including phenoxy) is 2. The van der Waals surface area contributed by atoms with Gasteiger partial charge < -0.3 is 24.8 Å². The second-order valence-corrected chi connectivity index (χ2v) is 5.90. The predicted molar refractivity (Wildman–Crippen MR) is 93.8 cm³/mol. The summed E-state index contributed by atoms with van der Waals surface area (Å²) in [6.45, 7) is 10.2. The zero-order valence-electron chi connectivity index (χ0n) is 14.3. The first-order valence-corrected chi connectivity index (χ1v) is 8.58. The number of nitrogens with zero attached hydrogens (tertiary/aromatic N) is 2. The van der Waals surface area contributed by atoms with E-state index in [0.717, 1.165) is 12.8 Å². The zero-order chi connectivity index (χ0) is 17.9. The number of benzene rings is 1. The van der Waals surface area contributed by atoms with Gasteiger partial charge in [0.05, 0.1) is 25.9 Å². The summed E-state index contributed by atoms with van der Waals surface area (Å²) in [4.78, 5) is 17.0. The van der Waals surface area contributed by atoms with Crippen LogP contribution in [0, 0.1) is 6.57 Å². The number of carbonyl (C=O) groups is 1. The maximum absolute atomic E-state index is 11.9. The van der Waals surface area contributed by atoms with Crippen molar-refractivity contribution in [2.75, 3.05) is 39.5 Å². The van der Waals surface area contributed by atoms with Crippen LogP contribution in [0.3, 0.4) is 0 Å². The number of hydrogen-bond donors (Lipinski definition) is 2. The van der Waals surface area contributed by atoms with Crippen molar-refractivity contribution in [1.82, 2.24) is 10.2 Å². The van der Waals surface area contributed by atoms with Gasteiger partial charge in [0.1, 0.15) is 12.4 Å². The van der Waals surface area contributed by atoms with Gasteiger partial charge in [-0.3, -0.25) is 0 Å². The van der Waals surface area contributed by atoms with Gasteiger partial charge in [-0.05, 0) is 31.4 Å². The van der Waals surface area contributed by atoms with Crippen molar-refractivity contribution in [2.24, 2.45) is 0 Å². The third kappa shape index (κ3) is 6.99. The average Bonchev–Trinajstić information content (AvgIpc) is 2.66. The van der Waals surface area contributed by atoms with Gasteiger partial charge in [-0.15, -0.1) is 0 Å². The highest BCUT2D eigenvalue weighted by Crippen LogP contribution is 2.20. The first-order valence-electron chi connectivity index (χ1n) is 8.58. The van der Waals surface area contributed by atoms with Gasteiger partial charge >= 0.3 is 6.03 Å². The maximum atomic E-state index is 11.9. The SMILES string of the molecule is [C-]#[N+]c1cccc(OC[C@@H](O)CCCCNC(=O)N2CCOCC2)c1. The number of aliphatic hydroxyl groups is 1. The Morgan fingerprint density at radius 3 is 2.96 bits per heavy atom. The number of nitrogens with one attached hydrogen (secondary N) is 1. The van der Waals surface area contributed by atoms with Crippen LogP contribution in [-0.4, -0.2) is 61.6 Å². The minimum absolute atomic E-state index is 0.0492. The van der Waals surface area contributed by atoms with E-state index < -0.39 is 6.10 Å². The molecule has 2 N–H and O–H groups in total. The Kier molecular flexibility index (Phi) is 8.02. The molecule has 1 aliphatic rings. The van der Waals surface area contributed by atoms with Crippen molar-refractivity contribution in [3.63, 3.8) is 0 Å². The van der Waals surface area contributed by atoms with E-state index in [1.54, 1.807) is 29.2 Å². The molecule has 136 valence electrons. The van der Waals surface area contributed by atoms with Crippen molar-refractivity contribution in [1.29, 1.82) is 0 Å². The Balaban J connectivity index is 1.54. The number of aliphatic hydroxyl groups excluding tert-OH is 1. The van der Waals surface area contributed by atoms with Crippen LogP contribution in [0.15, 0.2) is 24.3 Å². The van der Waals surface area contributed by atoms with Crippen LogP contribution in [0.25, 0.3) is 4.85 Å². The molecule has 2 rings (SSSR count). The van der Waals surface area contributed by atoms with Crippen LogP contribution in [0.1, 0.15) is 19.3 Å². The standard InChI is InChI=1S/C18H25N3O4/c1-19-15-5-4-7-17(13-15)25-14-16(22)6-2-3-8-20-18(23)21-9-11-24-12-10-21/h4-5,7,13,16,22H,2-3,6,8-12,14H2,(H,20,23)/t16-/m0/s1. The third-order valence-electron chi connectivity index (χ3n) is 3.93. The molecule has 1 saturated heterocycles. The van der Waals surface area contributed by atoms with Crippen LogP contribution < -0.4 is 10.1 Å². The molecule has 1 aliphatic heterocycles. The topological polar surface area (TPSA) is 75.4 Å². The van der Waals surface area contributed by atoms with E-state index in [-0.39, 0.29) is 12.6 Å². The first-order chi connectivity index (χ1) is 12.2. The smallest absolute Gasteiger partial charge is 0.317 e. The highest BCUT2D eigenvalue weighted by Gasteiger charge is 2.15. The van der Waals surface area contributed by atoms with E-state index in [0.29, 0.717) is 50.7 Å². The number of hydrogen-bond acceptors (Lipinski definition) is 4. The van der Waals surface area contributed by atoms with Gasteiger partial charge in [-0.2, -0.15) is 0 Å². The fourth-order valence-corrected chi connectivity index (χ4v) is 2.50. The molecular formula is C18H25N3O4. The van der Waals surface area contributed by atoms with E-state index in [4.69, 9.17) is 16.0 Å². The Morgan fingerprint density at radius 2 is 2.20 bits per heavy atom. The first kappa shape index (κ1) is 19.0.